The van der Waals surface area contributed by atoms with Crippen molar-refractivity contribution in [3.05, 3.63) is 51.9 Å². The van der Waals surface area contributed by atoms with Crippen LogP contribution in [0.25, 0.3) is 0 Å². The molecule has 6 heteroatoms. The number of aromatic carboxylic acids is 1. The molecule has 2 aromatic rings. The van der Waals surface area contributed by atoms with Crippen molar-refractivity contribution in [2.45, 2.75) is 6.92 Å². The molecule has 1 amide bonds. The van der Waals surface area contributed by atoms with E-state index in [0.717, 1.165) is 0 Å². The van der Waals surface area contributed by atoms with Gasteiger partial charge in [0.1, 0.15) is 12.0 Å². The number of para-hydroxylation sites is 1. The maximum Gasteiger partial charge on any atom is 0.337 e. The molecule has 0 aliphatic heterocycles. The second-order valence-electron chi connectivity index (χ2n) is 3.87. The summed E-state index contributed by atoms with van der Waals surface area (Å²) in [6, 6.07) is 6.24. The number of halogens is 1. The van der Waals surface area contributed by atoms with Crippen LogP contribution in [0, 0.1) is 6.92 Å². The second kappa shape index (κ2) is 5.27. The van der Waals surface area contributed by atoms with Crippen LogP contribution in [-0.2, 0) is 0 Å². The Balaban J connectivity index is 2.33. The SMILES string of the molecule is Cc1cc(C(=O)Nc2c(Br)cccc2C(=O)O)co1. The molecule has 0 atom stereocenters. The summed E-state index contributed by atoms with van der Waals surface area (Å²) in [7, 11) is 0. The first kappa shape index (κ1) is 13.4. The highest BCUT2D eigenvalue weighted by atomic mass is 79.9. The van der Waals surface area contributed by atoms with Gasteiger partial charge in [0.25, 0.3) is 5.91 Å². The Morgan fingerprint density at radius 1 is 1.37 bits per heavy atom. The Hall–Kier alpha value is -2.08. The number of benzene rings is 1. The molecule has 0 spiro atoms. The van der Waals surface area contributed by atoms with Gasteiger partial charge in [0.15, 0.2) is 0 Å². The van der Waals surface area contributed by atoms with Crippen LogP contribution in [0.3, 0.4) is 0 Å². The lowest BCUT2D eigenvalue weighted by atomic mass is 10.1. The zero-order valence-corrected chi connectivity index (χ0v) is 11.5. The summed E-state index contributed by atoms with van der Waals surface area (Å²) in [5.41, 5.74) is 0.575. The molecule has 2 rings (SSSR count). The molecule has 1 aromatic heterocycles. The van der Waals surface area contributed by atoms with Crippen molar-refractivity contribution in [3.8, 4) is 0 Å². The Bertz CT molecular complexity index is 648. The van der Waals surface area contributed by atoms with Crippen LogP contribution < -0.4 is 5.32 Å². The van der Waals surface area contributed by atoms with E-state index in [1.807, 2.05) is 0 Å². The third kappa shape index (κ3) is 2.85. The maximum absolute atomic E-state index is 12.0. The van der Waals surface area contributed by atoms with E-state index < -0.39 is 11.9 Å². The number of hydrogen-bond donors (Lipinski definition) is 2. The Labute approximate surface area is 117 Å². The minimum Gasteiger partial charge on any atom is -0.478 e. The van der Waals surface area contributed by atoms with Gasteiger partial charge in [0.2, 0.25) is 0 Å². The average Bonchev–Trinajstić information content (AvgIpc) is 2.78. The summed E-state index contributed by atoms with van der Waals surface area (Å²) in [5.74, 6) is -0.929. The van der Waals surface area contributed by atoms with Crippen LogP contribution in [0.2, 0.25) is 0 Å². The smallest absolute Gasteiger partial charge is 0.337 e. The highest BCUT2D eigenvalue weighted by Gasteiger charge is 2.17. The van der Waals surface area contributed by atoms with Gasteiger partial charge in [0, 0.05) is 4.47 Å². The minimum absolute atomic E-state index is 0.0166. The normalized spacial score (nSPS) is 10.2. The molecule has 0 bridgehead atoms. The average molecular weight is 324 g/mol. The summed E-state index contributed by atoms with van der Waals surface area (Å²) < 4.78 is 5.54. The molecule has 0 unspecified atom stereocenters. The predicted octanol–water partition coefficient (Wildman–Crippen LogP) is 3.30. The number of nitrogens with one attached hydrogen (secondary N) is 1. The van der Waals surface area contributed by atoms with Crippen LogP contribution in [0.1, 0.15) is 26.5 Å². The maximum atomic E-state index is 12.0. The van der Waals surface area contributed by atoms with Gasteiger partial charge < -0.3 is 14.8 Å². The van der Waals surface area contributed by atoms with Crippen molar-refractivity contribution in [2.75, 3.05) is 5.32 Å². The molecule has 19 heavy (non-hydrogen) atoms. The third-order valence-corrected chi connectivity index (χ3v) is 3.14. The van der Waals surface area contributed by atoms with E-state index in [4.69, 9.17) is 9.52 Å². The Kier molecular flexibility index (Phi) is 3.71. The van der Waals surface area contributed by atoms with E-state index in [-0.39, 0.29) is 11.3 Å². The number of carbonyl (C=O) groups excluding carboxylic acids is 1. The van der Waals surface area contributed by atoms with Crippen molar-refractivity contribution in [2.24, 2.45) is 0 Å². The van der Waals surface area contributed by atoms with Gasteiger partial charge in [-0.05, 0) is 41.1 Å². The third-order valence-electron chi connectivity index (χ3n) is 2.48. The van der Waals surface area contributed by atoms with Gasteiger partial charge in [-0.15, -0.1) is 0 Å². The summed E-state index contributed by atoms with van der Waals surface area (Å²) in [6.07, 6.45) is 1.32. The second-order valence-corrected chi connectivity index (χ2v) is 4.72. The van der Waals surface area contributed by atoms with E-state index in [9.17, 15) is 9.59 Å². The quantitative estimate of drug-likeness (QED) is 0.908. The summed E-state index contributed by atoms with van der Waals surface area (Å²) in [5, 5.41) is 11.7. The van der Waals surface area contributed by atoms with Gasteiger partial charge in [0.05, 0.1) is 16.8 Å². The first-order valence-electron chi connectivity index (χ1n) is 5.37. The highest BCUT2D eigenvalue weighted by molar-refractivity contribution is 9.10. The number of carbonyl (C=O) groups is 2. The standard InChI is InChI=1S/C13H10BrNO4/c1-7-5-8(6-19-7)12(16)15-11-9(13(17)18)3-2-4-10(11)14/h2-6H,1H3,(H,15,16)(H,17,18). The molecule has 5 nitrogen and oxygen atoms in total. The molecule has 0 aliphatic carbocycles. The fourth-order valence-electron chi connectivity index (χ4n) is 1.58. The van der Waals surface area contributed by atoms with Gasteiger partial charge >= 0.3 is 5.97 Å². The monoisotopic (exact) mass is 323 g/mol. The zero-order chi connectivity index (χ0) is 14.0. The molecule has 0 saturated carbocycles. The predicted molar refractivity (Wildman–Crippen MR) is 72.5 cm³/mol. The molecule has 0 radical (unpaired) electrons. The molecule has 1 aromatic carbocycles. The molecular weight excluding hydrogens is 314 g/mol. The first-order valence-corrected chi connectivity index (χ1v) is 6.16. The van der Waals surface area contributed by atoms with Crippen molar-refractivity contribution >= 4 is 33.5 Å². The van der Waals surface area contributed by atoms with Crippen LogP contribution in [-0.4, -0.2) is 17.0 Å². The highest BCUT2D eigenvalue weighted by Crippen LogP contribution is 2.27. The van der Waals surface area contributed by atoms with E-state index in [0.29, 0.717) is 15.8 Å². The van der Waals surface area contributed by atoms with Crippen LogP contribution in [0.4, 0.5) is 5.69 Å². The lowest BCUT2D eigenvalue weighted by Crippen LogP contribution is -2.14. The Morgan fingerprint density at radius 2 is 2.11 bits per heavy atom. The van der Waals surface area contributed by atoms with Gasteiger partial charge in [-0.25, -0.2) is 4.79 Å². The molecule has 2 N–H and O–H groups in total. The fraction of sp³-hybridized carbons (Fsp3) is 0.0769. The molecule has 0 saturated heterocycles. The summed E-state index contributed by atoms with van der Waals surface area (Å²) >= 11 is 3.22. The fourth-order valence-corrected chi connectivity index (χ4v) is 2.04. The molecule has 0 aliphatic rings. The van der Waals surface area contributed by atoms with Crippen LogP contribution >= 0.6 is 15.9 Å². The summed E-state index contributed by atoms with van der Waals surface area (Å²) in [6.45, 7) is 1.72. The number of amides is 1. The van der Waals surface area contributed by atoms with Gasteiger partial charge in [-0.1, -0.05) is 6.07 Å². The minimum atomic E-state index is -1.11. The number of rotatable bonds is 3. The van der Waals surface area contributed by atoms with E-state index in [1.165, 1.54) is 12.3 Å². The van der Waals surface area contributed by atoms with Crippen LogP contribution in [0.15, 0.2) is 39.4 Å². The molecule has 0 fully saturated rings. The number of carboxylic acids is 1. The topological polar surface area (TPSA) is 79.5 Å². The molecule has 1 heterocycles. The number of furan rings is 1. The van der Waals surface area contributed by atoms with Crippen LogP contribution in [0.5, 0.6) is 0 Å². The van der Waals surface area contributed by atoms with Gasteiger partial charge in [-0.3, -0.25) is 4.79 Å². The molecule has 98 valence electrons. The van der Waals surface area contributed by atoms with E-state index in [2.05, 4.69) is 21.2 Å². The number of carboxylic acid groups (broad SMARTS) is 1. The van der Waals surface area contributed by atoms with Gasteiger partial charge in [-0.2, -0.15) is 0 Å². The molecular formula is C13H10BrNO4. The van der Waals surface area contributed by atoms with E-state index >= 15 is 0 Å². The van der Waals surface area contributed by atoms with E-state index in [1.54, 1.807) is 25.1 Å². The summed E-state index contributed by atoms with van der Waals surface area (Å²) in [4.78, 5) is 23.1. The van der Waals surface area contributed by atoms with Crippen molar-refractivity contribution in [1.29, 1.82) is 0 Å². The zero-order valence-electron chi connectivity index (χ0n) is 9.94. The lowest BCUT2D eigenvalue weighted by molar-refractivity contribution is 0.0698. The largest absolute Gasteiger partial charge is 0.478 e. The van der Waals surface area contributed by atoms with Crippen molar-refractivity contribution in [1.82, 2.24) is 0 Å². The number of anilines is 1. The Morgan fingerprint density at radius 3 is 2.68 bits per heavy atom. The number of hydrogen-bond acceptors (Lipinski definition) is 3. The van der Waals surface area contributed by atoms with Crippen molar-refractivity contribution < 1.29 is 19.1 Å². The first-order chi connectivity index (χ1) is 8.99. The van der Waals surface area contributed by atoms with Crippen molar-refractivity contribution in [3.63, 3.8) is 0 Å². The number of aryl methyl sites for hydroxylation is 1. The lowest BCUT2D eigenvalue weighted by Gasteiger charge is -2.09.